The molecule has 2 nitrogen and oxygen atoms in total. The molecule has 0 aliphatic carbocycles. The lowest BCUT2D eigenvalue weighted by Crippen LogP contribution is -2.21. The van der Waals surface area contributed by atoms with E-state index in [1.165, 1.54) is 15.6 Å². The van der Waals surface area contributed by atoms with Crippen molar-refractivity contribution in [3.8, 4) is 0 Å². The van der Waals surface area contributed by atoms with Crippen molar-refractivity contribution in [3.05, 3.63) is 15.6 Å². The van der Waals surface area contributed by atoms with Crippen molar-refractivity contribution in [1.82, 2.24) is 10.3 Å². The first-order valence-electron chi connectivity index (χ1n) is 6.09. The Kier molecular flexibility index (Phi) is 4.93. The van der Waals surface area contributed by atoms with Crippen LogP contribution in [0, 0.1) is 12.8 Å². The van der Waals surface area contributed by atoms with E-state index in [9.17, 15) is 0 Å². The lowest BCUT2D eigenvalue weighted by Gasteiger charge is -2.19. The predicted molar refractivity (Wildman–Crippen MR) is 72.4 cm³/mol. The minimum Gasteiger partial charge on any atom is -0.319 e. The predicted octanol–water partition coefficient (Wildman–Crippen LogP) is 3.53. The maximum Gasteiger partial charge on any atom is 0.0956 e. The normalized spacial score (nSPS) is 13.8. The minimum absolute atomic E-state index is 0.542. The summed E-state index contributed by atoms with van der Waals surface area (Å²) in [4.78, 5) is 6.15. The highest BCUT2D eigenvalue weighted by molar-refractivity contribution is 7.11. The van der Waals surface area contributed by atoms with E-state index in [0.717, 1.165) is 6.54 Å². The van der Waals surface area contributed by atoms with Crippen molar-refractivity contribution >= 4 is 11.3 Å². The first kappa shape index (κ1) is 13.7. The molecule has 1 atom stereocenters. The molecular formula is C13H24N2S. The Hall–Kier alpha value is -0.410. The van der Waals surface area contributed by atoms with E-state index < -0.39 is 0 Å². The summed E-state index contributed by atoms with van der Waals surface area (Å²) in [5.41, 5.74) is 1.22. The first-order valence-corrected chi connectivity index (χ1v) is 6.90. The average molecular weight is 240 g/mol. The van der Waals surface area contributed by atoms with Gasteiger partial charge in [0.1, 0.15) is 0 Å². The highest BCUT2D eigenvalue weighted by Crippen LogP contribution is 2.34. The number of rotatable bonds is 5. The molecule has 0 aromatic carbocycles. The van der Waals surface area contributed by atoms with Crippen LogP contribution in [0.15, 0.2) is 0 Å². The molecule has 1 N–H and O–H groups in total. The summed E-state index contributed by atoms with van der Waals surface area (Å²) in [5, 5.41) is 4.56. The van der Waals surface area contributed by atoms with Gasteiger partial charge in [0.15, 0.2) is 0 Å². The lowest BCUT2D eigenvalue weighted by atomic mass is 9.93. The van der Waals surface area contributed by atoms with Gasteiger partial charge < -0.3 is 5.32 Å². The van der Waals surface area contributed by atoms with E-state index in [4.69, 9.17) is 0 Å². The molecule has 0 fully saturated rings. The Morgan fingerprint density at radius 3 is 2.25 bits per heavy atom. The Balaban J connectivity index is 2.99. The van der Waals surface area contributed by atoms with Gasteiger partial charge >= 0.3 is 0 Å². The zero-order valence-corrected chi connectivity index (χ0v) is 12.1. The fraction of sp³-hybridized carbons (Fsp3) is 0.769. The van der Waals surface area contributed by atoms with Gasteiger partial charge in [-0.05, 0) is 19.9 Å². The molecule has 0 amide bonds. The highest BCUT2D eigenvalue weighted by atomic mass is 32.1. The Morgan fingerprint density at radius 1 is 1.25 bits per heavy atom. The van der Waals surface area contributed by atoms with Crippen LogP contribution in [0.1, 0.15) is 55.1 Å². The van der Waals surface area contributed by atoms with Crippen LogP contribution >= 0.6 is 11.3 Å². The van der Waals surface area contributed by atoms with Gasteiger partial charge in [-0.1, -0.05) is 27.7 Å². The second-order valence-electron chi connectivity index (χ2n) is 5.06. The summed E-state index contributed by atoms with van der Waals surface area (Å²) in [7, 11) is 2.02. The second-order valence-corrected chi connectivity index (χ2v) is 6.13. The third-order valence-electron chi connectivity index (χ3n) is 2.91. The van der Waals surface area contributed by atoms with Crippen LogP contribution in [0.3, 0.4) is 0 Å². The van der Waals surface area contributed by atoms with Crippen LogP contribution in [-0.4, -0.2) is 18.6 Å². The summed E-state index contributed by atoms with van der Waals surface area (Å²) < 4.78 is 0. The molecule has 0 saturated carbocycles. The second kappa shape index (κ2) is 5.78. The van der Waals surface area contributed by atoms with Crippen LogP contribution in [-0.2, 0) is 0 Å². The number of hydrogen-bond acceptors (Lipinski definition) is 3. The first-order chi connectivity index (χ1) is 7.47. The monoisotopic (exact) mass is 240 g/mol. The molecule has 1 aromatic heterocycles. The quantitative estimate of drug-likeness (QED) is 0.851. The van der Waals surface area contributed by atoms with E-state index in [2.05, 4.69) is 44.9 Å². The topological polar surface area (TPSA) is 24.9 Å². The third-order valence-corrected chi connectivity index (χ3v) is 4.50. The Bertz CT molecular complexity index is 329. The number of aromatic nitrogens is 1. The summed E-state index contributed by atoms with van der Waals surface area (Å²) in [6, 6.07) is 0. The molecule has 16 heavy (non-hydrogen) atoms. The van der Waals surface area contributed by atoms with Gasteiger partial charge in [0, 0.05) is 23.3 Å². The maximum absolute atomic E-state index is 4.69. The van der Waals surface area contributed by atoms with E-state index in [0.29, 0.717) is 17.8 Å². The van der Waals surface area contributed by atoms with Crippen LogP contribution in [0.2, 0.25) is 0 Å². The summed E-state index contributed by atoms with van der Waals surface area (Å²) in [5.74, 6) is 1.79. The zero-order chi connectivity index (χ0) is 12.3. The number of nitrogens with one attached hydrogen (secondary N) is 1. The van der Waals surface area contributed by atoms with E-state index in [-0.39, 0.29) is 0 Å². The van der Waals surface area contributed by atoms with Crippen LogP contribution < -0.4 is 5.32 Å². The maximum atomic E-state index is 4.69. The molecule has 0 bridgehead atoms. The SMILES string of the molecule is CNCC(c1sc(C(C)C)nc1C)C(C)C. The Morgan fingerprint density at radius 2 is 1.88 bits per heavy atom. The third kappa shape index (κ3) is 3.05. The smallest absolute Gasteiger partial charge is 0.0956 e. The van der Waals surface area contributed by atoms with Gasteiger partial charge in [0.05, 0.1) is 10.7 Å². The largest absolute Gasteiger partial charge is 0.319 e. The van der Waals surface area contributed by atoms with E-state index >= 15 is 0 Å². The minimum atomic E-state index is 0.542. The lowest BCUT2D eigenvalue weighted by molar-refractivity contribution is 0.482. The summed E-state index contributed by atoms with van der Waals surface area (Å²) in [6.07, 6.45) is 0. The van der Waals surface area contributed by atoms with Crippen molar-refractivity contribution in [2.24, 2.45) is 5.92 Å². The summed E-state index contributed by atoms with van der Waals surface area (Å²) >= 11 is 1.89. The molecular weight excluding hydrogens is 216 g/mol. The number of hydrogen-bond donors (Lipinski definition) is 1. The van der Waals surface area contributed by atoms with Gasteiger partial charge in [-0.2, -0.15) is 0 Å². The fourth-order valence-corrected chi connectivity index (χ4v) is 3.22. The summed E-state index contributed by atoms with van der Waals surface area (Å²) in [6.45, 7) is 12.2. The fourth-order valence-electron chi connectivity index (χ4n) is 1.87. The van der Waals surface area contributed by atoms with Crippen LogP contribution in [0.25, 0.3) is 0 Å². The number of nitrogens with zero attached hydrogens (tertiary/aromatic N) is 1. The van der Waals surface area contributed by atoms with Gasteiger partial charge in [-0.3, -0.25) is 0 Å². The Labute approximate surface area is 103 Å². The van der Waals surface area contributed by atoms with E-state index in [1.807, 2.05) is 18.4 Å². The molecule has 0 aliphatic heterocycles. The van der Waals surface area contributed by atoms with Crippen molar-refractivity contribution in [2.75, 3.05) is 13.6 Å². The van der Waals surface area contributed by atoms with Crippen molar-refractivity contribution in [2.45, 2.75) is 46.5 Å². The van der Waals surface area contributed by atoms with Crippen LogP contribution in [0.5, 0.6) is 0 Å². The van der Waals surface area contributed by atoms with Gasteiger partial charge in [-0.15, -0.1) is 11.3 Å². The number of aryl methyl sites for hydroxylation is 1. The molecule has 0 radical (unpaired) electrons. The molecule has 3 heteroatoms. The average Bonchev–Trinajstić information content (AvgIpc) is 2.56. The molecule has 1 unspecified atom stereocenters. The molecule has 1 heterocycles. The van der Waals surface area contributed by atoms with Crippen molar-refractivity contribution < 1.29 is 0 Å². The molecule has 1 aromatic rings. The number of thiazole rings is 1. The van der Waals surface area contributed by atoms with Crippen molar-refractivity contribution in [3.63, 3.8) is 0 Å². The molecule has 92 valence electrons. The molecule has 1 rings (SSSR count). The van der Waals surface area contributed by atoms with E-state index in [1.54, 1.807) is 0 Å². The molecule has 0 saturated heterocycles. The molecule has 0 aliphatic rings. The van der Waals surface area contributed by atoms with Crippen LogP contribution in [0.4, 0.5) is 0 Å². The van der Waals surface area contributed by atoms with Gasteiger partial charge in [0.2, 0.25) is 0 Å². The van der Waals surface area contributed by atoms with Gasteiger partial charge in [0.25, 0.3) is 0 Å². The molecule has 0 spiro atoms. The van der Waals surface area contributed by atoms with Gasteiger partial charge in [-0.25, -0.2) is 4.98 Å². The standard InChI is InChI=1S/C13H24N2S/c1-8(2)11(7-14-6)12-10(5)15-13(16-12)9(3)4/h8-9,11,14H,7H2,1-6H3. The van der Waals surface area contributed by atoms with Crippen molar-refractivity contribution in [1.29, 1.82) is 0 Å². The number of likely N-dealkylation sites (N-methyl/N-ethyl adjacent to an activating group) is 1. The zero-order valence-electron chi connectivity index (χ0n) is 11.3. The highest BCUT2D eigenvalue weighted by Gasteiger charge is 2.21.